The Morgan fingerprint density at radius 3 is 2.89 bits per heavy atom. The van der Waals surface area contributed by atoms with Gasteiger partial charge in [0.1, 0.15) is 5.82 Å². The lowest BCUT2D eigenvalue weighted by Gasteiger charge is -2.32. The first-order valence-electron chi connectivity index (χ1n) is 9.59. The molecule has 0 fully saturated rings. The predicted octanol–water partition coefficient (Wildman–Crippen LogP) is 5.02. The van der Waals surface area contributed by atoms with Gasteiger partial charge in [-0.05, 0) is 49.1 Å². The number of nitrogens with one attached hydrogen (secondary N) is 1. The van der Waals surface area contributed by atoms with Crippen molar-refractivity contribution in [3.8, 4) is 0 Å². The van der Waals surface area contributed by atoms with Crippen LogP contribution in [0.1, 0.15) is 30.9 Å². The molecule has 1 N–H and O–H groups in total. The van der Waals surface area contributed by atoms with Crippen molar-refractivity contribution in [1.29, 1.82) is 0 Å². The minimum absolute atomic E-state index is 0.167. The summed E-state index contributed by atoms with van der Waals surface area (Å²) in [5.41, 5.74) is 5.10. The lowest BCUT2D eigenvalue weighted by Crippen LogP contribution is -2.28. The molecule has 1 aliphatic rings. The van der Waals surface area contributed by atoms with Crippen LogP contribution in [-0.2, 0) is 17.7 Å². The molecule has 0 bridgehead atoms. The Morgan fingerprint density at radius 1 is 1.30 bits per heavy atom. The molecule has 1 atom stereocenters. The van der Waals surface area contributed by atoms with Crippen molar-refractivity contribution in [2.45, 2.75) is 38.8 Å². The Labute approximate surface area is 162 Å². The highest BCUT2D eigenvalue weighted by Crippen LogP contribution is 2.31. The average molecular weight is 364 g/mol. The number of aliphatic imine (C=N–C) groups is 1. The number of hydrogen-bond acceptors (Lipinski definition) is 4. The average Bonchev–Trinajstić information content (AvgIpc) is 2.68. The maximum Gasteiger partial charge on any atom is 0.122 e. The Balaban J connectivity index is 1.64. The van der Waals surface area contributed by atoms with Crippen LogP contribution in [0, 0.1) is 0 Å². The zero-order valence-corrected chi connectivity index (χ0v) is 16.3. The van der Waals surface area contributed by atoms with Crippen LogP contribution in [0.3, 0.4) is 0 Å². The van der Waals surface area contributed by atoms with Crippen molar-refractivity contribution in [3.63, 3.8) is 0 Å². The third-order valence-electron chi connectivity index (χ3n) is 4.89. The zero-order valence-electron chi connectivity index (χ0n) is 16.3. The summed E-state index contributed by atoms with van der Waals surface area (Å²) >= 11 is 0. The van der Waals surface area contributed by atoms with E-state index in [2.05, 4.69) is 70.3 Å². The monoisotopic (exact) mass is 363 g/mol. The Bertz CT molecular complexity index is 785. The van der Waals surface area contributed by atoms with Crippen LogP contribution in [-0.4, -0.2) is 26.0 Å². The molecule has 1 aliphatic heterocycles. The van der Waals surface area contributed by atoms with Gasteiger partial charge < -0.3 is 15.0 Å². The maximum absolute atomic E-state index is 5.22. The highest BCUT2D eigenvalue weighted by molar-refractivity contribution is 5.65. The first kappa shape index (κ1) is 19.2. The van der Waals surface area contributed by atoms with Crippen molar-refractivity contribution >= 4 is 17.6 Å². The second-order valence-electron chi connectivity index (χ2n) is 7.02. The highest BCUT2D eigenvalue weighted by atomic mass is 16.5. The van der Waals surface area contributed by atoms with Gasteiger partial charge in [0.15, 0.2) is 0 Å². The summed E-state index contributed by atoms with van der Waals surface area (Å²) in [4.78, 5) is 6.84. The Hall–Kier alpha value is -2.59. The van der Waals surface area contributed by atoms with Crippen LogP contribution >= 0.6 is 0 Å². The number of ether oxygens (including phenoxy) is 1. The SMILES string of the molecule is C=C(/N=C\CC(C)OC)Nc1ccc2c(c1)CCCN2Cc1ccccc1. The molecule has 142 valence electrons. The van der Waals surface area contributed by atoms with Crippen LogP contribution in [0.25, 0.3) is 0 Å². The number of methoxy groups -OCH3 is 1. The van der Waals surface area contributed by atoms with Crippen LogP contribution in [0.4, 0.5) is 11.4 Å². The van der Waals surface area contributed by atoms with Gasteiger partial charge >= 0.3 is 0 Å². The fourth-order valence-corrected chi connectivity index (χ4v) is 3.33. The van der Waals surface area contributed by atoms with E-state index >= 15 is 0 Å². The quantitative estimate of drug-likeness (QED) is 0.669. The molecular formula is C23H29N3O. The summed E-state index contributed by atoms with van der Waals surface area (Å²) in [5.74, 6) is 0.648. The molecule has 1 unspecified atom stereocenters. The summed E-state index contributed by atoms with van der Waals surface area (Å²) < 4.78 is 5.22. The second kappa shape index (κ2) is 9.38. The molecule has 0 saturated carbocycles. The minimum Gasteiger partial charge on any atom is -0.381 e. The van der Waals surface area contributed by atoms with Gasteiger partial charge in [-0.2, -0.15) is 0 Å². The van der Waals surface area contributed by atoms with Gasteiger partial charge in [-0.1, -0.05) is 36.9 Å². The molecule has 3 rings (SSSR count). The Kier molecular flexibility index (Phi) is 6.66. The molecule has 0 aliphatic carbocycles. The molecule has 0 amide bonds. The van der Waals surface area contributed by atoms with E-state index in [1.807, 2.05) is 13.1 Å². The van der Waals surface area contributed by atoms with Gasteiger partial charge in [0, 0.05) is 44.2 Å². The molecule has 2 aromatic carbocycles. The van der Waals surface area contributed by atoms with E-state index in [1.165, 1.54) is 23.2 Å². The number of anilines is 2. The fourth-order valence-electron chi connectivity index (χ4n) is 3.33. The van der Waals surface area contributed by atoms with Crippen LogP contribution < -0.4 is 10.2 Å². The number of fused-ring (bicyclic) bond motifs is 1. The van der Waals surface area contributed by atoms with Gasteiger partial charge in [-0.25, -0.2) is 4.99 Å². The molecule has 2 aromatic rings. The minimum atomic E-state index is 0.167. The first-order valence-corrected chi connectivity index (χ1v) is 9.59. The molecule has 0 spiro atoms. The van der Waals surface area contributed by atoms with Crippen molar-refractivity contribution in [1.82, 2.24) is 0 Å². The number of rotatable bonds is 8. The summed E-state index contributed by atoms with van der Waals surface area (Å²) in [7, 11) is 1.71. The van der Waals surface area contributed by atoms with E-state index in [9.17, 15) is 0 Å². The summed E-state index contributed by atoms with van der Waals surface area (Å²) in [5, 5.41) is 3.30. The molecule has 1 heterocycles. The zero-order chi connectivity index (χ0) is 19.1. The van der Waals surface area contributed by atoms with Crippen molar-refractivity contribution in [2.75, 3.05) is 23.9 Å². The lowest BCUT2D eigenvalue weighted by atomic mass is 10.00. The van der Waals surface area contributed by atoms with E-state index in [4.69, 9.17) is 4.74 Å². The third kappa shape index (κ3) is 5.44. The topological polar surface area (TPSA) is 36.9 Å². The number of aryl methyl sites for hydroxylation is 1. The van der Waals surface area contributed by atoms with Crippen molar-refractivity contribution in [2.24, 2.45) is 4.99 Å². The van der Waals surface area contributed by atoms with Crippen molar-refractivity contribution in [3.05, 3.63) is 72.1 Å². The smallest absolute Gasteiger partial charge is 0.122 e. The predicted molar refractivity (Wildman–Crippen MR) is 115 cm³/mol. The molecule has 4 nitrogen and oxygen atoms in total. The summed E-state index contributed by atoms with van der Waals surface area (Å²) in [6, 6.07) is 17.2. The number of benzene rings is 2. The standard InChI is InChI=1S/C23H29N3O/c1-18(27-3)13-14-24-19(2)25-22-11-12-23-21(16-22)10-7-15-26(23)17-20-8-5-4-6-9-20/h4-6,8-9,11-12,14,16,18,25H,2,7,10,13,15,17H2,1,3H3/b24-14-. The summed E-state index contributed by atoms with van der Waals surface area (Å²) in [6.45, 7) is 8.07. The van der Waals surface area contributed by atoms with Gasteiger partial charge in [0.25, 0.3) is 0 Å². The largest absolute Gasteiger partial charge is 0.381 e. The van der Waals surface area contributed by atoms with Crippen LogP contribution in [0.15, 0.2) is 65.9 Å². The molecule has 27 heavy (non-hydrogen) atoms. The van der Waals surface area contributed by atoms with E-state index < -0.39 is 0 Å². The van der Waals surface area contributed by atoms with Crippen molar-refractivity contribution < 1.29 is 4.74 Å². The normalized spacial score (nSPS) is 14.8. The highest BCUT2D eigenvalue weighted by Gasteiger charge is 2.17. The summed E-state index contributed by atoms with van der Waals surface area (Å²) in [6.07, 6.45) is 5.08. The van der Waals surface area contributed by atoms with E-state index in [1.54, 1.807) is 7.11 Å². The van der Waals surface area contributed by atoms with Crippen LogP contribution in [0.5, 0.6) is 0 Å². The van der Waals surface area contributed by atoms with Gasteiger partial charge in [0.2, 0.25) is 0 Å². The van der Waals surface area contributed by atoms with Gasteiger partial charge in [-0.3, -0.25) is 0 Å². The molecule has 0 aromatic heterocycles. The van der Waals surface area contributed by atoms with E-state index in [0.717, 1.165) is 31.6 Å². The number of hydrogen-bond donors (Lipinski definition) is 1. The fraction of sp³-hybridized carbons (Fsp3) is 0.348. The number of nitrogens with zero attached hydrogens (tertiary/aromatic N) is 2. The molecule has 0 radical (unpaired) electrons. The third-order valence-corrected chi connectivity index (χ3v) is 4.89. The molecular weight excluding hydrogens is 334 g/mol. The molecule has 4 heteroatoms. The first-order chi connectivity index (χ1) is 13.2. The maximum atomic E-state index is 5.22. The van der Waals surface area contributed by atoms with E-state index in [-0.39, 0.29) is 6.10 Å². The van der Waals surface area contributed by atoms with Gasteiger partial charge in [-0.15, -0.1) is 0 Å². The lowest BCUT2D eigenvalue weighted by molar-refractivity contribution is 0.125. The Morgan fingerprint density at radius 2 is 2.11 bits per heavy atom. The van der Waals surface area contributed by atoms with E-state index in [0.29, 0.717) is 5.82 Å². The van der Waals surface area contributed by atoms with Crippen LogP contribution in [0.2, 0.25) is 0 Å². The van der Waals surface area contributed by atoms with Gasteiger partial charge in [0.05, 0.1) is 6.10 Å². The molecule has 0 saturated heterocycles. The second-order valence-corrected chi connectivity index (χ2v) is 7.02.